The molecule has 0 radical (unpaired) electrons. The fourth-order valence-electron chi connectivity index (χ4n) is 4.21. The van der Waals surface area contributed by atoms with Crippen molar-refractivity contribution in [1.82, 2.24) is 24.1 Å². The topological polar surface area (TPSA) is 55.5 Å². The first-order valence-electron chi connectivity index (χ1n) is 11.4. The molecule has 4 aromatic rings. The SMILES string of the molecule is CN1CCN(CCn2ncc3cc(-n4ccc(OCc5ccccc5)cc4=O)ccc32)CC1.Cl. The molecule has 0 aliphatic carbocycles. The van der Waals surface area contributed by atoms with Gasteiger partial charge in [0.25, 0.3) is 5.56 Å². The lowest BCUT2D eigenvalue weighted by atomic mass is 10.2. The maximum absolute atomic E-state index is 12.7. The Kier molecular flexibility index (Phi) is 7.67. The van der Waals surface area contributed by atoms with Crippen LogP contribution in [0.3, 0.4) is 0 Å². The van der Waals surface area contributed by atoms with Crippen molar-refractivity contribution >= 4 is 23.3 Å². The van der Waals surface area contributed by atoms with E-state index in [9.17, 15) is 4.79 Å². The molecule has 8 heteroatoms. The van der Waals surface area contributed by atoms with Gasteiger partial charge in [-0.05, 0) is 36.9 Å². The highest BCUT2D eigenvalue weighted by molar-refractivity contribution is 5.85. The molecule has 5 rings (SSSR count). The standard InChI is InChI=1S/C26H29N5O2.ClH/c1-28-11-13-29(14-12-28)15-16-31-25-8-7-23(17-22(25)19-27-31)30-10-9-24(18-26(30)32)33-20-21-5-3-2-4-6-21;/h2-10,17-19H,11-16,20H2,1H3;1H. The van der Waals surface area contributed by atoms with E-state index < -0.39 is 0 Å². The number of rotatable bonds is 7. The normalized spacial score (nSPS) is 14.7. The average Bonchev–Trinajstić information content (AvgIpc) is 3.25. The second kappa shape index (κ2) is 10.9. The molecule has 0 atom stereocenters. The van der Waals surface area contributed by atoms with Crippen molar-refractivity contribution < 1.29 is 4.74 Å². The van der Waals surface area contributed by atoms with E-state index in [0.717, 1.165) is 61.4 Å². The van der Waals surface area contributed by atoms with Crippen molar-refractivity contribution in [2.24, 2.45) is 0 Å². The van der Waals surface area contributed by atoms with E-state index in [1.165, 1.54) is 6.07 Å². The monoisotopic (exact) mass is 479 g/mol. The van der Waals surface area contributed by atoms with Crippen LogP contribution in [-0.4, -0.2) is 63.9 Å². The van der Waals surface area contributed by atoms with Gasteiger partial charge in [0.05, 0.1) is 18.3 Å². The summed E-state index contributed by atoms with van der Waals surface area (Å²) in [5.74, 6) is 0.568. The molecule has 2 aromatic heterocycles. The van der Waals surface area contributed by atoms with Crippen LogP contribution >= 0.6 is 12.4 Å². The van der Waals surface area contributed by atoms with Crippen LogP contribution in [0.2, 0.25) is 0 Å². The van der Waals surface area contributed by atoms with Crippen molar-refractivity contribution in [3.8, 4) is 11.4 Å². The van der Waals surface area contributed by atoms with Crippen LogP contribution in [-0.2, 0) is 13.2 Å². The van der Waals surface area contributed by atoms with Crippen LogP contribution < -0.4 is 10.3 Å². The largest absolute Gasteiger partial charge is 0.489 e. The van der Waals surface area contributed by atoms with Crippen molar-refractivity contribution in [3.05, 3.63) is 89.0 Å². The third kappa shape index (κ3) is 5.50. The Balaban J connectivity index is 0.00000274. The Bertz CT molecular complexity index is 1280. The molecule has 2 aromatic carbocycles. The number of fused-ring (bicyclic) bond motifs is 1. The maximum Gasteiger partial charge on any atom is 0.258 e. The predicted molar refractivity (Wildman–Crippen MR) is 137 cm³/mol. The van der Waals surface area contributed by atoms with E-state index in [0.29, 0.717) is 12.4 Å². The molecule has 0 amide bonds. The molecule has 1 aliphatic heterocycles. The first-order chi connectivity index (χ1) is 16.2. The number of hydrogen-bond acceptors (Lipinski definition) is 5. The number of benzene rings is 2. The number of pyridine rings is 1. The molecule has 7 nitrogen and oxygen atoms in total. The maximum atomic E-state index is 12.7. The zero-order chi connectivity index (χ0) is 22.6. The fraction of sp³-hybridized carbons (Fsp3) is 0.308. The van der Waals surface area contributed by atoms with E-state index in [-0.39, 0.29) is 18.0 Å². The third-order valence-electron chi connectivity index (χ3n) is 6.27. The number of nitrogens with zero attached hydrogens (tertiary/aromatic N) is 5. The van der Waals surface area contributed by atoms with Gasteiger partial charge in [0.1, 0.15) is 12.4 Å². The van der Waals surface area contributed by atoms with Crippen LogP contribution in [0, 0.1) is 0 Å². The summed E-state index contributed by atoms with van der Waals surface area (Å²) in [4.78, 5) is 17.6. The van der Waals surface area contributed by atoms with E-state index in [1.807, 2.05) is 60.8 Å². The van der Waals surface area contributed by atoms with Gasteiger partial charge in [-0.15, -0.1) is 12.4 Å². The Morgan fingerprint density at radius 3 is 2.50 bits per heavy atom. The molecule has 0 saturated carbocycles. The number of aromatic nitrogens is 3. The minimum atomic E-state index is -0.123. The molecule has 1 saturated heterocycles. The fourth-order valence-corrected chi connectivity index (χ4v) is 4.21. The summed E-state index contributed by atoms with van der Waals surface area (Å²) in [6.07, 6.45) is 3.65. The second-order valence-electron chi connectivity index (χ2n) is 8.60. The summed E-state index contributed by atoms with van der Waals surface area (Å²) in [5.41, 5.74) is 2.85. The Hall–Kier alpha value is -3.13. The van der Waals surface area contributed by atoms with Gasteiger partial charge in [0.2, 0.25) is 0 Å². The number of ether oxygens (including phenoxy) is 1. The lowest BCUT2D eigenvalue weighted by Gasteiger charge is -2.32. The van der Waals surface area contributed by atoms with Gasteiger partial charge in [-0.2, -0.15) is 5.10 Å². The molecule has 0 N–H and O–H groups in total. The Morgan fingerprint density at radius 2 is 1.74 bits per heavy atom. The minimum absolute atomic E-state index is 0. The van der Waals surface area contributed by atoms with Gasteiger partial charge in [0, 0.05) is 56.1 Å². The summed E-state index contributed by atoms with van der Waals surface area (Å²) >= 11 is 0. The van der Waals surface area contributed by atoms with Gasteiger partial charge in [0.15, 0.2) is 0 Å². The number of likely N-dealkylation sites (N-methyl/N-ethyl adjacent to an activating group) is 1. The highest BCUT2D eigenvalue weighted by Crippen LogP contribution is 2.19. The van der Waals surface area contributed by atoms with Gasteiger partial charge in [-0.25, -0.2) is 0 Å². The van der Waals surface area contributed by atoms with Gasteiger partial charge >= 0.3 is 0 Å². The molecule has 3 heterocycles. The van der Waals surface area contributed by atoms with E-state index in [2.05, 4.69) is 26.6 Å². The molecular weight excluding hydrogens is 450 g/mol. The minimum Gasteiger partial charge on any atom is -0.489 e. The zero-order valence-corrected chi connectivity index (χ0v) is 20.2. The van der Waals surface area contributed by atoms with Crippen molar-refractivity contribution in [2.45, 2.75) is 13.2 Å². The summed E-state index contributed by atoms with van der Waals surface area (Å²) in [7, 11) is 2.17. The van der Waals surface area contributed by atoms with Crippen molar-refractivity contribution in [1.29, 1.82) is 0 Å². The summed E-state index contributed by atoms with van der Waals surface area (Å²) in [5, 5.41) is 5.62. The van der Waals surface area contributed by atoms with Crippen LogP contribution in [0.1, 0.15) is 5.56 Å². The zero-order valence-electron chi connectivity index (χ0n) is 19.3. The van der Waals surface area contributed by atoms with Crippen molar-refractivity contribution in [3.63, 3.8) is 0 Å². The predicted octanol–water partition coefficient (Wildman–Crippen LogP) is 3.44. The lowest BCUT2D eigenvalue weighted by Crippen LogP contribution is -2.45. The number of halogens is 1. The highest BCUT2D eigenvalue weighted by Gasteiger charge is 2.14. The van der Waals surface area contributed by atoms with E-state index in [1.54, 1.807) is 10.8 Å². The van der Waals surface area contributed by atoms with Gasteiger partial charge in [-0.1, -0.05) is 30.3 Å². The quantitative estimate of drug-likeness (QED) is 0.406. The molecule has 0 bridgehead atoms. The van der Waals surface area contributed by atoms with Crippen LogP contribution in [0.4, 0.5) is 0 Å². The first-order valence-corrected chi connectivity index (χ1v) is 11.4. The van der Waals surface area contributed by atoms with Crippen LogP contribution in [0.15, 0.2) is 77.9 Å². The van der Waals surface area contributed by atoms with E-state index >= 15 is 0 Å². The average molecular weight is 480 g/mol. The van der Waals surface area contributed by atoms with Crippen LogP contribution in [0.25, 0.3) is 16.6 Å². The molecule has 178 valence electrons. The van der Waals surface area contributed by atoms with E-state index in [4.69, 9.17) is 4.74 Å². The second-order valence-corrected chi connectivity index (χ2v) is 8.60. The van der Waals surface area contributed by atoms with Crippen molar-refractivity contribution in [2.75, 3.05) is 39.8 Å². The third-order valence-corrected chi connectivity index (χ3v) is 6.27. The van der Waals surface area contributed by atoms with Gasteiger partial charge in [-0.3, -0.25) is 18.9 Å². The Labute approximate surface area is 205 Å². The molecular formula is C26H30ClN5O2. The van der Waals surface area contributed by atoms with Crippen LogP contribution in [0.5, 0.6) is 5.75 Å². The highest BCUT2D eigenvalue weighted by atomic mass is 35.5. The molecule has 34 heavy (non-hydrogen) atoms. The molecule has 1 aliphatic rings. The summed E-state index contributed by atoms with van der Waals surface area (Å²) < 4.78 is 9.48. The number of piperazine rings is 1. The molecule has 0 spiro atoms. The smallest absolute Gasteiger partial charge is 0.258 e. The number of hydrogen-bond donors (Lipinski definition) is 0. The first kappa shape index (κ1) is 24.0. The molecule has 1 fully saturated rings. The summed E-state index contributed by atoms with van der Waals surface area (Å²) in [6, 6.07) is 19.3. The molecule has 0 unspecified atom stereocenters. The summed E-state index contributed by atoms with van der Waals surface area (Å²) in [6.45, 7) is 6.74. The lowest BCUT2D eigenvalue weighted by molar-refractivity contribution is 0.149. The van der Waals surface area contributed by atoms with Gasteiger partial charge < -0.3 is 9.64 Å². The Morgan fingerprint density at radius 1 is 0.941 bits per heavy atom.